The van der Waals surface area contributed by atoms with Gasteiger partial charge in [-0.15, -0.1) is 10.2 Å². The minimum Gasteiger partial charge on any atom is -0.495 e. The number of methoxy groups -OCH3 is 1. The first-order valence-electron chi connectivity index (χ1n) is 8.67. The van der Waals surface area contributed by atoms with Crippen molar-refractivity contribution in [1.29, 1.82) is 0 Å². The third-order valence-electron chi connectivity index (χ3n) is 4.14. The van der Waals surface area contributed by atoms with Crippen LogP contribution in [0.2, 0.25) is 10.0 Å². The molecule has 162 valence electrons. The number of rotatable bonds is 7. The molecule has 0 aliphatic rings. The van der Waals surface area contributed by atoms with Gasteiger partial charge in [0.2, 0.25) is 11.1 Å². The van der Waals surface area contributed by atoms with Crippen molar-refractivity contribution in [2.75, 3.05) is 18.3 Å². The minimum absolute atomic E-state index is 0.176. The Hall–Kier alpha value is -3.02. The molecule has 0 bridgehead atoms. The van der Waals surface area contributed by atoms with Gasteiger partial charge in [0, 0.05) is 22.7 Å². The lowest BCUT2D eigenvalue weighted by Crippen LogP contribution is -2.24. The zero-order chi connectivity index (χ0) is 22.7. The molecule has 0 fully saturated rings. The number of hydrogen-bond donors (Lipinski definition) is 2. The predicted octanol–water partition coefficient (Wildman–Crippen LogP) is 4.00. The highest BCUT2D eigenvalue weighted by Crippen LogP contribution is 2.33. The van der Waals surface area contributed by atoms with E-state index in [1.807, 2.05) is 0 Å². The average molecular weight is 483 g/mol. The fourth-order valence-electron chi connectivity index (χ4n) is 2.56. The highest BCUT2D eigenvalue weighted by Gasteiger charge is 2.22. The molecule has 3 rings (SSSR count). The topological polar surface area (TPSA) is 138 Å². The van der Waals surface area contributed by atoms with Gasteiger partial charge in [0.15, 0.2) is 5.82 Å². The van der Waals surface area contributed by atoms with Gasteiger partial charge in [-0.1, -0.05) is 35.0 Å². The van der Waals surface area contributed by atoms with Crippen LogP contribution in [0.1, 0.15) is 6.92 Å². The Balaban J connectivity index is 1.78. The van der Waals surface area contributed by atoms with E-state index in [1.54, 1.807) is 25.1 Å². The Bertz CT molecular complexity index is 1160. The number of nitro benzene ring substituents is 1. The molecule has 0 saturated carbocycles. The number of thioether (sulfide) groups is 1. The van der Waals surface area contributed by atoms with Crippen molar-refractivity contribution in [2.24, 2.45) is 0 Å². The molecule has 1 amide bonds. The second-order valence-corrected chi connectivity index (χ2v) is 8.34. The minimum atomic E-state index is -0.668. The van der Waals surface area contributed by atoms with Crippen molar-refractivity contribution in [3.05, 3.63) is 56.6 Å². The van der Waals surface area contributed by atoms with Gasteiger partial charge >= 0.3 is 0 Å². The molecule has 3 aromatic rings. The van der Waals surface area contributed by atoms with Gasteiger partial charge in [0.1, 0.15) is 5.75 Å². The number of nitrogens with two attached hydrogens (primary N) is 1. The van der Waals surface area contributed by atoms with Crippen molar-refractivity contribution < 1.29 is 14.5 Å². The van der Waals surface area contributed by atoms with Crippen molar-refractivity contribution in [3.63, 3.8) is 0 Å². The molecule has 1 heterocycles. The van der Waals surface area contributed by atoms with E-state index in [1.165, 1.54) is 30.0 Å². The van der Waals surface area contributed by atoms with E-state index in [0.717, 1.165) is 11.8 Å². The number of amides is 1. The smallest absolute Gasteiger partial charge is 0.271 e. The second kappa shape index (κ2) is 9.41. The number of nitrogen functional groups attached to an aromatic ring is 1. The van der Waals surface area contributed by atoms with E-state index in [2.05, 4.69) is 15.5 Å². The van der Waals surface area contributed by atoms with Gasteiger partial charge in [-0.25, -0.2) is 4.68 Å². The molecular formula is C18H16Cl2N6O4S. The summed E-state index contributed by atoms with van der Waals surface area (Å²) in [5.41, 5.74) is 0.491. The van der Waals surface area contributed by atoms with E-state index in [0.29, 0.717) is 15.6 Å². The number of hydrogen-bond acceptors (Lipinski definition) is 8. The lowest BCUT2D eigenvalue weighted by Gasteiger charge is -2.14. The molecule has 0 aliphatic heterocycles. The Morgan fingerprint density at radius 1 is 1.29 bits per heavy atom. The van der Waals surface area contributed by atoms with Gasteiger partial charge in [-0.2, -0.15) is 0 Å². The van der Waals surface area contributed by atoms with E-state index in [9.17, 15) is 14.9 Å². The highest BCUT2D eigenvalue weighted by molar-refractivity contribution is 8.00. The predicted molar refractivity (Wildman–Crippen MR) is 119 cm³/mol. The van der Waals surface area contributed by atoms with Gasteiger partial charge < -0.3 is 15.9 Å². The van der Waals surface area contributed by atoms with Crippen molar-refractivity contribution >= 4 is 52.2 Å². The molecular weight excluding hydrogens is 467 g/mol. The zero-order valence-electron chi connectivity index (χ0n) is 16.2. The second-order valence-electron chi connectivity index (χ2n) is 6.19. The first kappa shape index (κ1) is 22.7. The van der Waals surface area contributed by atoms with Crippen LogP contribution in [-0.2, 0) is 4.79 Å². The molecule has 10 nitrogen and oxygen atoms in total. The maximum atomic E-state index is 12.7. The lowest BCUT2D eigenvalue weighted by atomic mass is 10.2. The van der Waals surface area contributed by atoms with Crippen LogP contribution < -0.4 is 15.9 Å². The largest absolute Gasteiger partial charge is 0.495 e. The van der Waals surface area contributed by atoms with Crippen LogP contribution in [0.5, 0.6) is 5.75 Å². The fraction of sp³-hybridized carbons (Fsp3) is 0.167. The fourth-order valence-corrected chi connectivity index (χ4v) is 3.71. The number of nitrogens with one attached hydrogen (secondary N) is 1. The quantitative estimate of drug-likeness (QED) is 0.223. The van der Waals surface area contributed by atoms with Crippen LogP contribution in [0.4, 0.5) is 11.4 Å². The molecule has 3 N–H and O–H groups in total. The number of non-ortho nitro benzene ring substituents is 1. The molecule has 0 aliphatic carbocycles. The molecule has 1 atom stereocenters. The maximum Gasteiger partial charge on any atom is 0.271 e. The van der Waals surface area contributed by atoms with E-state index in [4.69, 9.17) is 33.8 Å². The number of halogens is 2. The molecule has 0 radical (unpaired) electrons. The van der Waals surface area contributed by atoms with Gasteiger partial charge in [-0.3, -0.25) is 14.9 Å². The van der Waals surface area contributed by atoms with E-state index < -0.39 is 16.1 Å². The molecule has 0 spiro atoms. The van der Waals surface area contributed by atoms with Crippen molar-refractivity contribution in [1.82, 2.24) is 14.9 Å². The summed E-state index contributed by atoms with van der Waals surface area (Å²) in [6.07, 6.45) is 0. The molecule has 0 saturated heterocycles. The average Bonchev–Trinajstić information content (AvgIpc) is 3.09. The van der Waals surface area contributed by atoms with Crippen molar-refractivity contribution in [3.8, 4) is 17.1 Å². The summed E-state index contributed by atoms with van der Waals surface area (Å²) >= 11 is 13.3. The molecule has 13 heteroatoms. The zero-order valence-corrected chi connectivity index (χ0v) is 18.5. The van der Waals surface area contributed by atoms with Gasteiger partial charge in [0.25, 0.3) is 5.69 Å². The first-order chi connectivity index (χ1) is 14.7. The maximum absolute atomic E-state index is 12.7. The third-order valence-corrected chi connectivity index (χ3v) is 5.76. The van der Waals surface area contributed by atoms with Gasteiger partial charge in [-0.05, 0) is 31.2 Å². The summed E-state index contributed by atoms with van der Waals surface area (Å²) < 4.78 is 6.37. The Labute approximate surface area is 190 Å². The number of carbonyl (C=O) groups excluding carboxylic acids is 1. The van der Waals surface area contributed by atoms with Crippen LogP contribution >= 0.6 is 35.0 Å². The van der Waals surface area contributed by atoms with E-state index >= 15 is 0 Å². The number of nitrogens with zero attached hydrogens (tertiary/aromatic N) is 4. The Kier molecular flexibility index (Phi) is 6.88. The molecule has 1 unspecified atom stereocenters. The van der Waals surface area contributed by atoms with E-state index in [-0.39, 0.29) is 28.1 Å². The van der Waals surface area contributed by atoms with Crippen LogP contribution in [-0.4, -0.2) is 38.1 Å². The number of anilines is 1. The highest BCUT2D eigenvalue weighted by atomic mass is 35.5. The summed E-state index contributed by atoms with van der Waals surface area (Å²) in [6.45, 7) is 1.63. The number of aromatic nitrogens is 3. The third kappa shape index (κ3) is 5.01. The van der Waals surface area contributed by atoms with Gasteiger partial charge in [0.05, 0.1) is 28.0 Å². The van der Waals surface area contributed by atoms with Crippen molar-refractivity contribution in [2.45, 2.75) is 17.3 Å². The first-order valence-corrected chi connectivity index (χ1v) is 10.3. The van der Waals surface area contributed by atoms with Crippen LogP contribution in [0.25, 0.3) is 11.4 Å². The van der Waals surface area contributed by atoms with Crippen LogP contribution in [0, 0.1) is 10.1 Å². The summed E-state index contributed by atoms with van der Waals surface area (Å²) in [6, 6.07) is 8.77. The SMILES string of the molecule is COc1ccc([N+](=O)[O-])cc1NC(=O)C(C)Sc1nnc(-c2cc(Cl)ccc2Cl)n1N. The summed E-state index contributed by atoms with van der Waals surface area (Å²) in [4.78, 5) is 23.1. The summed E-state index contributed by atoms with van der Waals surface area (Å²) in [7, 11) is 1.40. The molecule has 1 aromatic heterocycles. The number of nitro groups is 1. The molecule has 2 aromatic carbocycles. The standard InChI is InChI=1S/C18H16Cl2N6O4S/c1-9(17(27)22-14-8-11(26(28)29)4-6-15(14)30-2)31-18-24-23-16(25(18)21)12-7-10(19)3-5-13(12)20/h3-9H,21H2,1-2H3,(H,22,27). The lowest BCUT2D eigenvalue weighted by molar-refractivity contribution is -0.384. The van der Waals surface area contributed by atoms with Crippen LogP contribution in [0.15, 0.2) is 41.6 Å². The Morgan fingerprint density at radius 3 is 2.71 bits per heavy atom. The normalized spacial score (nSPS) is 11.7. The number of benzene rings is 2. The summed E-state index contributed by atoms with van der Waals surface area (Å²) in [5, 5.41) is 22.1. The number of carbonyl (C=O) groups is 1. The summed E-state index contributed by atoms with van der Waals surface area (Å²) in [5.74, 6) is 6.23. The monoisotopic (exact) mass is 482 g/mol. The Morgan fingerprint density at radius 2 is 2.03 bits per heavy atom. The molecule has 31 heavy (non-hydrogen) atoms. The van der Waals surface area contributed by atoms with Crippen LogP contribution in [0.3, 0.4) is 0 Å². The number of ether oxygens (including phenoxy) is 1.